The fourth-order valence-corrected chi connectivity index (χ4v) is 4.54. The van der Waals surface area contributed by atoms with Crippen molar-refractivity contribution >= 4 is 52.9 Å². The van der Waals surface area contributed by atoms with E-state index in [9.17, 15) is 4.79 Å². The molecule has 1 atom stereocenters. The standard InChI is InChI=1S/C24H26N4O2S.HI/c1-25-24(26-13-17-12-23(29)28-22-6-4-3-5-21(17)22)27-14-20-11-18(15-31-20)16-7-9-19(30-2)10-8-16;/h3-11,15,17H,12-14H2,1-2H3,(H,28,29)(H2,25,26,27);1H. The lowest BCUT2D eigenvalue weighted by molar-refractivity contribution is -0.116. The second-order valence-corrected chi connectivity index (χ2v) is 8.37. The van der Waals surface area contributed by atoms with Gasteiger partial charge in [-0.2, -0.15) is 0 Å². The fraction of sp³-hybridized carbons (Fsp3) is 0.250. The predicted octanol–water partition coefficient (Wildman–Crippen LogP) is 4.83. The van der Waals surface area contributed by atoms with E-state index in [1.54, 1.807) is 25.5 Å². The Morgan fingerprint density at radius 3 is 2.69 bits per heavy atom. The minimum absolute atomic E-state index is 0. The fourth-order valence-electron chi connectivity index (χ4n) is 3.70. The molecule has 168 valence electrons. The van der Waals surface area contributed by atoms with Gasteiger partial charge in [-0.3, -0.25) is 9.79 Å². The smallest absolute Gasteiger partial charge is 0.225 e. The first kappa shape index (κ1) is 24.1. The minimum Gasteiger partial charge on any atom is -0.497 e. The van der Waals surface area contributed by atoms with Crippen molar-refractivity contribution in [2.75, 3.05) is 26.0 Å². The van der Waals surface area contributed by atoms with Gasteiger partial charge in [0.15, 0.2) is 5.96 Å². The van der Waals surface area contributed by atoms with Crippen molar-refractivity contribution in [1.82, 2.24) is 10.6 Å². The summed E-state index contributed by atoms with van der Waals surface area (Å²) in [6.07, 6.45) is 0.469. The average molecular weight is 562 g/mol. The molecule has 8 heteroatoms. The zero-order valence-electron chi connectivity index (χ0n) is 18.1. The van der Waals surface area contributed by atoms with Gasteiger partial charge in [-0.1, -0.05) is 30.3 Å². The number of nitrogens with zero attached hydrogens (tertiary/aromatic N) is 1. The number of halogens is 1. The molecule has 1 aromatic heterocycles. The molecule has 1 amide bonds. The highest BCUT2D eigenvalue weighted by Crippen LogP contribution is 2.31. The van der Waals surface area contributed by atoms with Gasteiger partial charge in [0.05, 0.1) is 13.7 Å². The number of amides is 1. The van der Waals surface area contributed by atoms with Crippen molar-refractivity contribution in [2.45, 2.75) is 18.9 Å². The molecule has 32 heavy (non-hydrogen) atoms. The van der Waals surface area contributed by atoms with E-state index in [1.165, 1.54) is 16.0 Å². The average Bonchev–Trinajstić information content (AvgIpc) is 3.28. The van der Waals surface area contributed by atoms with Crippen LogP contribution in [0.2, 0.25) is 0 Å². The van der Waals surface area contributed by atoms with Gasteiger partial charge >= 0.3 is 0 Å². The Labute approximate surface area is 209 Å². The van der Waals surface area contributed by atoms with Crippen molar-refractivity contribution in [3.05, 3.63) is 70.4 Å². The van der Waals surface area contributed by atoms with Gasteiger partial charge in [-0.25, -0.2) is 0 Å². The van der Waals surface area contributed by atoms with Crippen LogP contribution >= 0.6 is 35.3 Å². The molecule has 3 aromatic rings. The van der Waals surface area contributed by atoms with Crippen molar-refractivity contribution in [2.24, 2.45) is 4.99 Å². The number of methoxy groups -OCH3 is 1. The summed E-state index contributed by atoms with van der Waals surface area (Å²) >= 11 is 1.71. The van der Waals surface area contributed by atoms with Crippen LogP contribution in [0.25, 0.3) is 11.1 Å². The van der Waals surface area contributed by atoms with E-state index in [1.807, 2.05) is 30.3 Å². The van der Waals surface area contributed by atoms with E-state index in [0.29, 0.717) is 19.5 Å². The van der Waals surface area contributed by atoms with E-state index >= 15 is 0 Å². The number of para-hydroxylation sites is 1. The van der Waals surface area contributed by atoms with Crippen molar-refractivity contribution in [3.63, 3.8) is 0 Å². The molecule has 2 aromatic carbocycles. The van der Waals surface area contributed by atoms with Crippen LogP contribution in [0.15, 0.2) is 65.0 Å². The lowest BCUT2D eigenvalue weighted by atomic mass is 9.90. The number of benzene rings is 2. The largest absolute Gasteiger partial charge is 0.497 e. The molecule has 1 aliphatic rings. The molecule has 2 heterocycles. The Kier molecular flexibility index (Phi) is 8.52. The highest BCUT2D eigenvalue weighted by atomic mass is 127. The number of thiophene rings is 1. The third-order valence-corrected chi connectivity index (χ3v) is 6.29. The molecule has 0 aliphatic carbocycles. The van der Waals surface area contributed by atoms with Crippen LogP contribution in [-0.4, -0.2) is 32.6 Å². The van der Waals surface area contributed by atoms with Gasteiger partial charge in [0.2, 0.25) is 5.91 Å². The van der Waals surface area contributed by atoms with Crippen molar-refractivity contribution < 1.29 is 9.53 Å². The number of fused-ring (bicyclic) bond motifs is 1. The number of anilines is 1. The second kappa shape index (κ2) is 11.3. The molecule has 0 saturated heterocycles. The summed E-state index contributed by atoms with van der Waals surface area (Å²) in [4.78, 5) is 17.6. The summed E-state index contributed by atoms with van der Waals surface area (Å²) in [5.74, 6) is 1.75. The van der Waals surface area contributed by atoms with Gasteiger partial charge in [-0.15, -0.1) is 35.3 Å². The van der Waals surface area contributed by atoms with Crippen LogP contribution in [0.5, 0.6) is 5.75 Å². The molecule has 3 N–H and O–H groups in total. The van der Waals surface area contributed by atoms with Crippen LogP contribution in [0.1, 0.15) is 22.8 Å². The van der Waals surface area contributed by atoms with Gasteiger partial charge in [0.1, 0.15) is 5.75 Å². The molecule has 0 radical (unpaired) electrons. The Bertz CT molecular complexity index is 1080. The third-order valence-electron chi connectivity index (χ3n) is 5.35. The van der Waals surface area contributed by atoms with Gasteiger partial charge in [0.25, 0.3) is 0 Å². The SMILES string of the molecule is CN=C(NCc1cc(-c2ccc(OC)cc2)cs1)NCC1CC(=O)Nc2ccccc21.I. The Morgan fingerprint density at radius 2 is 1.94 bits per heavy atom. The van der Waals surface area contributed by atoms with Gasteiger partial charge in [0, 0.05) is 36.5 Å². The van der Waals surface area contributed by atoms with E-state index < -0.39 is 0 Å². The second-order valence-electron chi connectivity index (χ2n) is 7.37. The van der Waals surface area contributed by atoms with Crippen LogP contribution in [0, 0.1) is 0 Å². The summed E-state index contributed by atoms with van der Waals surface area (Å²) in [5, 5.41) is 11.8. The maximum Gasteiger partial charge on any atom is 0.225 e. The monoisotopic (exact) mass is 562 g/mol. The van der Waals surface area contributed by atoms with E-state index in [4.69, 9.17) is 4.74 Å². The quantitative estimate of drug-likeness (QED) is 0.229. The number of carbonyl (C=O) groups is 1. The summed E-state index contributed by atoms with van der Waals surface area (Å²) in [7, 11) is 3.43. The van der Waals surface area contributed by atoms with Crippen LogP contribution in [0.4, 0.5) is 5.69 Å². The molecule has 0 bridgehead atoms. The predicted molar refractivity (Wildman–Crippen MR) is 142 cm³/mol. The third kappa shape index (κ3) is 5.80. The Morgan fingerprint density at radius 1 is 1.16 bits per heavy atom. The topological polar surface area (TPSA) is 74.8 Å². The Hall–Kier alpha value is -2.59. The number of carbonyl (C=O) groups excluding carboxylic acids is 1. The summed E-state index contributed by atoms with van der Waals surface area (Å²) in [5.41, 5.74) is 4.42. The minimum atomic E-state index is 0. The number of nitrogens with one attached hydrogen (secondary N) is 3. The first-order valence-corrected chi connectivity index (χ1v) is 11.1. The van der Waals surface area contributed by atoms with Gasteiger partial charge < -0.3 is 20.7 Å². The number of rotatable bonds is 6. The van der Waals surface area contributed by atoms with Crippen LogP contribution < -0.4 is 20.7 Å². The van der Waals surface area contributed by atoms with Crippen molar-refractivity contribution in [1.29, 1.82) is 0 Å². The first-order chi connectivity index (χ1) is 15.2. The molecule has 0 spiro atoms. The van der Waals surface area contributed by atoms with E-state index in [-0.39, 0.29) is 35.8 Å². The molecule has 4 rings (SSSR count). The number of hydrogen-bond acceptors (Lipinski definition) is 4. The first-order valence-electron chi connectivity index (χ1n) is 10.2. The summed E-state index contributed by atoms with van der Waals surface area (Å²) < 4.78 is 5.23. The number of aliphatic imine (C=N–C) groups is 1. The zero-order valence-corrected chi connectivity index (χ0v) is 21.2. The lowest BCUT2D eigenvalue weighted by Gasteiger charge is -2.26. The summed E-state index contributed by atoms with van der Waals surface area (Å²) in [6, 6.07) is 18.2. The van der Waals surface area contributed by atoms with E-state index in [0.717, 1.165) is 23.0 Å². The Balaban J connectivity index is 0.00000289. The highest BCUT2D eigenvalue weighted by Gasteiger charge is 2.24. The lowest BCUT2D eigenvalue weighted by Crippen LogP contribution is -2.40. The summed E-state index contributed by atoms with van der Waals surface area (Å²) in [6.45, 7) is 1.33. The number of hydrogen-bond donors (Lipinski definition) is 3. The normalized spacial score (nSPS) is 15.2. The van der Waals surface area contributed by atoms with E-state index in [2.05, 4.69) is 50.6 Å². The van der Waals surface area contributed by atoms with Crippen LogP contribution in [0.3, 0.4) is 0 Å². The number of guanidine groups is 1. The molecule has 0 fully saturated rings. The maximum atomic E-state index is 12.0. The molecular weight excluding hydrogens is 535 g/mol. The highest BCUT2D eigenvalue weighted by molar-refractivity contribution is 14.0. The molecular formula is C24H27IN4O2S. The zero-order chi connectivity index (χ0) is 21.6. The number of ether oxygens (including phenoxy) is 1. The molecule has 1 unspecified atom stereocenters. The van der Waals surface area contributed by atoms with Crippen LogP contribution in [-0.2, 0) is 11.3 Å². The molecule has 0 saturated carbocycles. The van der Waals surface area contributed by atoms with Crippen molar-refractivity contribution in [3.8, 4) is 16.9 Å². The molecule has 1 aliphatic heterocycles. The maximum absolute atomic E-state index is 12.0. The molecule has 6 nitrogen and oxygen atoms in total. The van der Waals surface area contributed by atoms with Gasteiger partial charge in [-0.05, 0) is 46.3 Å².